The number of piperidine rings is 1. The van der Waals surface area contributed by atoms with Crippen LogP contribution in [0.3, 0.4) is 0 Å². The maximum absolute atomic E-state index is 13.8. The van der Waals surface area contributed by atoms with Crippen molar-refractivity contribution in [2.45, 2.75) is 30.1 Å². The molecule has 3 heterocycles. The second-order valence-electron chi connectivity index (χ2n) is 8.82. The minimum atomic E-state index is -3.46. The standard InChI is InChI=1S/C22H23F2N3O3S/c1-26-12-17(15-5-8-25-19(15)20(26)28)16-11-14(31(2,29)30)3-4-18(16)27-9-6-21(7-10-27)13-22(21,23)24/h3-5,8,11-12,25H,6-7,9-10,13H2,1-2H3. The molecular weight excluding hydrogens is 424 g/mol. The Labute approximate surface area is 178 Å². The lowest BCUT2D eigenvalue weighted by atomic mass is 9.91. The molecule has 31 heavy (non-hydrogen) atoms. The van der Waals surface area contributed by atoms with Crippen molar-refractivity contribution in [3.63, 3.8) is 0 Å². The number of fused-ring (bicyclic) bond motifs is 1. The van der Waals surface area contributed by atoms with Gasteiger partial charge in [-0.1, -0.05) is 0 Å². The number of sulfone groups is 1. The number of hydrogen-bond acceptors (Lipinski definition) is 4. The summed E-state index contributed by atoms with van der Waals surface area (Å²) in [5, 5.41) is 0.692. The van der Waals surface area contributed by atoms with Crippen LogP contribution in [-0.4, -0.2) is 43.2 Å². The number of halogens is 2. The highest BCUT2D eigenvalue weighted by molar-refractivity contribution is 7.90. The minimum absolute atomic E-state index is 0.0432. The predicted octanol–water partition coefficient (Wildman–Crippen LogP) is 3.56. The SMILES string of the molecule is Cn1cc(-c2cc(S(C)(=O)=O)ccc2N2CCC3(CC2)CC3(F)F)c2cc[nH]c2c1=O. The van der Waals surface area contributed by atoms with Gasteiger partial charge in [0.25, 0.3) is 11.5 Å². The highest BCUT2D eigenvalue weighted by atomic mass is 32.2. The molecule has 1 saturated carbocycles. The van der Waals surface area contributed by atoms with Gasteiger partial charge >= 0.3 is 0 Å². The molecule has 1 spiro atoms. The van der Waals surface area contributed by atoms with E-state index in [0.717, 1.165) is 17.5 Å². The number of anilines is 1. The first-order chi connectivity index (χ1) is 14.5. The van der Waals surface area contributed by atoms with Crippen molar-refractivity contribution in [2.24, 2.45) is 12.5 Å². The van der Waals surface area contributed by atoms with Gasteiger partial charge in [-0.05, 0) is 37.1 Å². The smallest absolute Gasteiger partial charge is 0.274 e. The zero-order valence-electron chi connectivity index (χ0n) is 17.3. The van der Waals surface area contributed by atoms with Gasteiger partial charge in [0.05, 0.1) is 4.90 Å². The number of nitrogens with one attached hydrogen (secondary N) is 1. The van der Waals surface area contributed by atoms with Crippen LogP contribution in [-0.2, 0) is 16.9 Å². The van der Waals surface area contributed by atoms with E-state index < -0.39 is 21.2 Å². The molecule has 6 nitrogen and oxygen atoms in total. The quantitative estimate of drug-likeness (QED) is 0.666. The van der Waals surface area contributed by atoms with E-state index in [1.807, 2.05) is 4.90 Å². The van der Waals surface area contributed by atoms with Gasteiger partial charge in [0, 0.05) is 72.8 Å². The van der Waals surface area contributed by atoms with Crippen molar-refractivity contribution >= 4 is 26.4 Å². The van der Waals surface area contributed by atoms with Gasteiger partial charge in [0.15, 0.2) is 9.84 Å². The van der Waals surface area contributed by atoms with Gasteiger partial charge in [-0.25, -0.2) is 17.2 Å². The Morgan fingerprint density at radius 2 is 1.77 bits per heavy atom. The molecule has 2 aromatic heterocycles. The van der Waals surface area contributed by atoms with Crippen LogP contribution < -0.4 is 10.5 Å². The third-order valence-electron chi connectivity index (χ3n) is 6.85. The number of H-pyrrole nitrogens is 1. The molecule has 9 heteroatoms. The van der Waals surface area contributed by atoms with Crippen molar-refractivity contribution in [1.29, 1.82) is 0 Å². The summed E-state index contributed by atoms with van der Waals surface area (Å²) >= 11 is 0. The van der Waals surface area contributed by atoms with Crippen LogP contribution in [0.15, 0.2) is 46.3 Å². The van der Waals surface area contributed by atoms with E-state index in [-0.39, 0.29) is 16.9 Å². The van der Waals surface area contributed by atoms with Gasteiger partial charge in [-0.3, -0.25) is 4.79 Å². The van der Waals surface area contributed by atoms with Crippen molar-refractivity contribution in [1.82, 2.24) is 9.55 Å². The number of aromatic amines is 1. The van der Waals surface area contributed by atoms with Crippen molar-refractivity contribution in [3.05, 3.63) is 47.0 Å². The van der Waals surface area contributed by atoms with Crippen molar-refractivity contribution < 1.29 is 17.2 Å². The largest absolute Gasteiger partial charge is 0.371 e. The molecule has 0 radical (unpaired) electrons. The number of alkyl halides is 2. The first-order valence-electron chi connectivity index (χ1n) is 10.2. The average Bonchev–Trinajstić information content (AvgIpc) is 3.05. The van der Waals surface area contributed by atoms with E-state index in [1.54, 1.807) is 43.7 Å². The molecule has 0 atom stereocenters. The normalized spacial score (nSPS) is 19.8. The van der Waals surface area contributed by atoms with Crippen LogP contribution in [0.5, 0.6) is 0 Å². The molecule has 1 aliphatic heterocycles. The first kappa shape index (κ1) is 20.2. The molecule has 2 aliphatic rings. The van der Waals surface area contributed by atoms with Crippen LogP contribution in [0, 0.1) is 5.41 Å². The van der Waals surface area contributed by atoms with E-state index >= 15 is 0 Å². The molecule has 164 valence electrons. The van der Waals surface area contributed by atoms with E-state index in [9.17, 15) is 22.0 Å². The molecule has 1 aromatic carbocycles. The van der Waals surface area contributed by atoms with E-state index in [2.05, 4.69) is 4.98 Å². The summed E-state index contributed by atoms with van der Waals surface area (Å²) in [4.78, 5) is 17.7. The highest BCUT2D eigenvalue weighted by Gasteiger charge is 2.70. The summed E-state index contributed by atoms with van der Waals surface area (Å²) in [6.45, 7) is 0.950. The van der Waals surface area contributed by atoms with Crippen LogP contribution >= 0.6 is 0 Å². The number of hydrogen-bond donors (Lipinski definition) is 1. The third kappa shape index (κ3) is 3.09. The Balaban J connectivity index is 1.65. The summed E-state index contributed by atoms with van der Waals surface area (Å²) in [6, 6.07) is 6.71. The minimum Gasteiger partial charge on any atom is -0.371 e. The highest BCUT2D eigenvalue weighted by Crippen LogP contribution is 2.66. The number of aromatic nitrogens is 2. The monoisotopic (exact) mass is 447 g/mol. The van der Waals surface area contributed by atoms with Gasteiger partial charge < -0.3 is 14.5 Å². The Hall–Kier alpha value is -2.68. The third-order valence-corrected chi connectivity index (χ3v) is 7.96. The van der Waals surface area contributed by atoms with Gasteiger partial charge in [-0.2, -0.15) is 0 Å². The van der Waals surface area contributed by atoms with Gasteiger partial charge in [-0.15, -0.1) is 0 Å². The molecule has 1 saturated heterocycles. The molecular formula is C22H23F2N3O3S. The second kappa shape index (κ2) is 6.41. The lowest BCUT2D eigenvalue weighted by Gasteiger charge is -2.35. The summed E-state index contributed by atoms with van der Waals surface area (Å²) < 4.78 is 53.6. The Bertz CT molecular complexity index is 1370. The van der Waals surface area contributed by atoms with Gasteiger partial charge in [0.1, 0.15) is 5.52 Å². The molecule has 0 unspecified atom stereocenters. The van der Waals surface area contributed by atoms with Crippen LogP contribution in [0.4, 0.5) is 14.5 Å². The van der Waals surface area contributed by atoms with Crippen LogP contribution in [0.2, 0.25) is 0 Å². The van der Waals surface area contributed by atoms with E-state index in [1.165, 1.54) is 4.57 Å². The fourth-order valence-corrected chi connectivity index (χ4v) is 5.47. The lowest BCUT2D eigenvalue weighted by Crippen LogP contribution is -2.36. The zero-order valence-corrected chi connectivity index (χ0v) is 18.1. The topological polar surface area (TPSA) is 75.2 Å². The molecule has 1 N–H and O–H groups in total. The molecule has 2 fully saturated rings. The van der Waals surface area contributed by atoms with Crippen LogP contribution in [0.1, 0.15) is 19.3 Å². The molecule has 1 aliphatic carbocycles. The number of nitrogens with zero attached hydrogens (tertiary/aromatic N) is 2. The molecule has 0 bridgehead atoms. The number of benzene rings is 1. The number of pyridine rings is 1. The Morgan fingerprint density at radius 3 is 2.39 bits per heavy atom. The molecule has 5 rings (SSSR count). The predicted molar refractivity (Wildman–Crippen MR) is 116 cm³/mol. The van der Waals surface area contributed by atoms with E-state index in [0.29, 0.717) is 42.4 Å². The number of rotatable bonds is 3. The maximum Gasteiger partial charge on any atom is 0.274 e. The summed E-state index contributed by atoms with van der Waals surface area (Å²) in [7, 11) is -1.81. The average molecular weight is 448 g/mol. The van der Waals surface area contributed by atoms with Crippen LogP contribution in [0.25, 0.3) is 22.0 Å². The summed E-state index contributed by atoms with van der Waals surface area (Å²) in [6.07, 6.45) is 5.29. The lowest BCUT2D eigenvalue weighted by molar-refractivity contribution is 0.0537. The second-order valence-corrected chi connectivity index (χ2v) is 10.8. The maximum atomic E-state index is 13.8. The first-order valence-corrected chi connectivity index (χ1v) is 12.1. The zero-order chi connectivity index (χ0) is 22.2. The number of aryl methyl sites for hydroxylation is 1. The molecule has 3 aromatic rings. The van der Waals surface area contributed by atoms with E-state index in [4.69, 9.17) is 0 Å². The Morgan fingerprint density at radius 1 is 1.10 bits per heavy atom. The van der Waals surface area contributed by atoms with Gasteiger partial charge in [0.2, 0.25) is 0 Å². The fourth-order valence-electron chi connectivity index (χ4n) is 4.82. The molecule has 0 amide bonds. The fraction of sp³-hybridized carbons (Fsp3) is 0.409. The summed E-state index contributed by atoms with van der Waals surface area (Å²) in [5.41, 5.74) is 1.55. The Kier molecular flexibility index (Phi) is 4.19. The summed E-state index contributed by atoms with van der Waals surface area (Å²) in [5.74, 6) is -2.57. The van der Waals surface area contributed by atoms with Crippen molar-refractivity contribution in [2.75, 3.05) is 24.2 Å². The van der Waals surface area contributed by atoms with Crippen molar-refractivity contribution in [3.8, 4) is 11.1 Å².